The topological polar surface area (TPSA) is 54.4 Å². The summed E-state index contributed by atoms with van der Waals surface area (Å²) in [7, 11) is -3.22. The first-order valence-electron chi connectivity index (χ1n) is 5.76. The minimum atomic E-state index is -3.22. The molecule has 0 amide bonds. The second-order valence-electron chi connectivity index (χ2n) is 4.52. The van der Waals surface area contributed by atoms with Gasteiger partial charge in [-0.15, -0.1) is 0 Å². The zero-order valence-electron chi connectivity index (χ0n) is 9.64. The van der Waals surface area contributed by atoms with Crippen LogP contribution in [0.1, 0.15) is 30.9 Å². The van der Waals surface area contributed by atoms with E-state index in [-0.39, 0.29) is 5.75 Å². The van der Waals surface area contributed by atoms with Gasteiger partial charge in [0, 0.05) is 0 Å². The number of benzene rings is 1. The Labute approximate surface area is 117 Å². The van der Waals surface area contributed by atoms with E-state index in [1.165, 1.54) is 6.07 Å². The van der Waals surface area contributed by atoms with Crippen LogP contribution in [-0.2, 0) is 9.84 Å². The van der Waals surface area contributed by atoms with Crippen LogP contribution in [0, 0.1) is 0 Å². The van der Waals surface area contributed by atoms with Crippen LogP contribution >= 0.6 is 23.2 Å². The van der Waals surface area contributed by atoms with Crippen molar-refractivity contribution in [3.05, 3.63) is 33.8 Å². The third-order valence-corrected chi connectivity index (χ3v) is 6.28. The Hall–Kier alpha value is -0.290. The molecule has 0 aromatic heterocycles. The Bertz CT molecular complexity index is 542. The molecule has 1 heterocycles. The summed E-state index contributed by atoms with van der Waals surface area (Å²) in [4.78, 5) is 0. The summed E-state index contributed by atoms with van der Waals surface area (Å²) in [6.07, 6.45) is 0.948. The Balaban J connectivity index is 2.30. The van der Waals surface area contributed by atoms with Crippen LogP contribution in [-0.4, -0.2) is 24.5 Å². The molecule has 6 heteroatoms. The number of hydrogen-bond acceptors (Lipinski definition) is 3. The van der Waals surface area contributed by atoms with Crippen molar-refractivity contribution >= 4 is 33.0 Å². The smallest absolute Gasteiger partial charge is 0.156 e. The molecule has 1 aliphatic rings. The van der Waals surface area contributed by atoms with Crippen molar-refractivity contribution in [2.75, 3.05) is 5.75 Å². The lowest BCUT2D eigenvalue weighted by molar-refractivity contribution is 0.164. The molecule has 0 radical (unpaired) electrons. The molecule has 1 aromatic carbocycles. The molecule has 0 aliphatic carbocycles. The van der Waals surface area contributed by atoms with E-state index in [4.69, 9.17) is 23.2 Å². The van der Waals surface area contributed by atoms with Gasteiger partial charge in [-0.3, -0.25) is 0 Å². The number of rotatable bonds is 2. The maximum absolute atomic E-state index is 11.9. The maximum Gasteiger partial charge on any atom is 0.156 e. The first-order valence-corrected chi connectivity index (χ1v) is 8.23. The van der Waals surface area contributed by atoms with Crippen LogP contribution in [0.3, 0.4) is 0 Å². The van der Waals surface area contributed by atoms with Gasteiger partial charge in [0.1, 0.15) is 0 Å². The maximum atomic E-state index is 11.9. The fraction of sp³-hybridized carbons (Fsp3) is 0.500. The zero-order valence-corrected chi connectivity index (χ0v) is 12.0. The third-order valence-electron chi connectivity index (χ3n) is 3.27. The predicted octanol–water partition coefficient (Wildman–Crippen LogP) is 2.99. The number of halogens is 2. The fourth-order valence-electron chi connectivity index (χ4n) is 2.24. The first kappa shape index (κ1) is 14.1. The van der Waals surface area contributed by atoms with Gasteiger partial charge in [-0.1, -0.05) is 35.7 Å². The minimum Gasteiger partial charge on any atom is -0.387 e. The number of hydrogen-bond donors (Lipinski definition) is 1. The van der Waals surface area contributed by atoms with E-state index >= 15 is 0 Å². The van der Waals surface area contributed by atoms with Crippen LogP contribution in [0.15, 0.2) is 18.2 Å². The summed E-state index contributed by atoms with van der Waals surface area (Å²) in [5.41, 5.74) is 0.500. The number of aliphatic hydroxyl groups is 1. The SMILES string of the molecule is O=S1(=O)CCCCC1C(O)c1ccc(Cl)c(Cl)c1. The molecule has 1 saturated heterocycles. The van der Waals surface area contributed by atoms with E-state index in [1.807, 2.05) is 0 Å². The lowest BCUT2D eigenvalue weighted by Crippen LogP contribution is -2.33. The highest BCUT2D eigenvalue weighted by atomic mass is 35.5. The van der Waals surface area contributed by atoms with Gasteiger partial charge >= 0.3 is 0 Å². The number of aliphatic hydroxyl groups excluding tert-OH is 1. The largest absolute Gasteiger partial charge is 0.387 e. The van der Waals surface area contributed by atoms with Crippen LogP contribution in [0.2, 0.25) is 10.0 Å². The van der Waals surface area contributed by atoms with E-state index in [0.29, 0.717) is 28.5 Å². The molecular formula is C12H14Cl2O3S. The Morgan fingerprint density at radius 1 is 1.22 bits per heavy atom. The highest BCUT2D eigenvalue weighted by Crippen LogP contribution is 2.33. The molecule has 1 fully saturated rings. The first-order chi connectivity index (χ1) is 8.42. The third kappa shape index (κ3) is 2.82. The monoisotopic (exact) mass is 308 g/mol. The van der Waals surface area contributed by atoms with Gasteiger partial charge < -0.3 is 5.11 Å². The predicted molar refractivity (Wildman–Crippen MR) is 72.8 cm³/mol. The second-order valence-corrected chi connectivity index (χ2v) is 7.67. The van der Waals surface area contributed by atoms with Crippen LogP contribution in [0.25, 0.3) is 0 Å². The van der Waals surface area contributed by atoms with Crippen molar-refractivity contribution in [2.24, 2.45) is 0 Å². The minimum absolute atomic E-state index is 0.149. The molecule has 0 saturated carbocycles. The summed E-state index contributed by atoms with van der Waals surface area (Å²) >= 11 is 11.7. The molecule has 3 nitrogen and oxygen atoms in total. The van der Waals surface area contributed by atoms with E-state index in [2.05, 4.69) is 0 Å². The fourth-order valence-corrected chi connectivity index (χ4v) is 4.54. The van der Waals surface area contributed by atoms with Gasteiger partial charge in [0.15, 0.2) is 9.84 Å². The average Bonchev–Trinajstić information content (AvgIpc) is 2.31. The lowest BCUT2D eigenvalue weighted by Gasteiger charge is -2.27. The van der Waals surface area contributed by atoms with Crippen molar-refractivity contribution in [1.29, 1.82) is 0 Å². The lowest BCUT2D eigenvalue weighted by atomic mass is 10.0. The van der Waals surface area contributed by atoms with Gasteiger partial charge in [0.2, 0.25) is 0 Å². The van der Waals surface area contributed by atoms with E-state index in [9.17, 15) is 13.5 Å². The molecule has 100 valence electrons. The summed E-state index contributed by atoms with van der Waals surface area (Å²) in [5.74, 6) is 0.149. The summed E-state index contributed by atoms with van der Waals surface area (Å²) in [5, 5.41) is 10.2. The zero-order chi connectivity index (χ0) is 13.3. The molecule has 1 aromatic rings. The van der Waals surface area contributed by atoms with E-state index in [1.54, 1.807) is 12.1 Å². The van der Waals surface area contributed by atoms with Crippen molar-refractivity contribution in [1.82, 2.24) is 0 Å². The standard InChI is InChI=1S/C12H14Cl2O3S/c13-9-5-4-8(7-10(9)14)12(15)11-3-1-2-6-18(11,16)17/h4-5,7,11-12,15H,1-3,6H2. The van der Waals surface area contributed by atoms with Crippen LogP contribution in [0.4, 0.5) is 0 Å². The summed E-state index contributed by atoms with van der Waals surface area (Å²) < 4.78 is 23.9. The Morgan fingerprint density at radius 2 is 1.94 bits per heavy atom. The molecule has 18 heavy (non-hydrogen) atoms. The normalized spacial score (nSPS) is 24.7. The van der Waals surface area contributed by atoms with E-state index < -0.39 is 21.2 Å². The van der Waals surface area contributed by atoms with Crippen molar-refractivity contribution in [2.45, 2.75) is 30.6 Å². The van der Waals surface area contributed by atoms with Gasteiger partial charge in [0.25, 0.3) is 0 Å². The Kier molecular flexibility index (Phi) is 4.22. The van der Waals surface area contributed by atoms with Crippen molar-refractivity contribution in [3.8, 4) is 0 Å². The summed E-state index contributed by atoms with van der Waals surface area (Å²) in [6, 6.07) is 4.71. The molecular weight excluding hydrogens is 295 g/mol. The Morgan fingerprint density at radius 3 is 2.56 bits per heavy atom. The van der Waals surface area contributed by atoms with Gasteiger partial charge in [-0.2, -0.15) is 0 Å². The molecule has 1 aliphatic heterocycles. The van der Waals surface area contributed by atoms with Crippen LogP contribution in [0.5, 0.6) is 0 Å². The highest BCUT2D eigenvalue weighted by molar-refractivity contribution is 7.92. The molecule has 0 bridgehead atoms. The van der Waals surface area contributed by atoms with Gasteiger partial charge in [0.05, 0.1) is 27.2 Å². The van der Waals surface area contributed by atoms with Crippen molar-refractivity contribution in [3.63, 3.8) is 0 Å². The summed E-state index contributed by atoms with van der Waals surface area (Å²) in [6.45, 7) is 0. The molecule has 2 unspecified atom stereocenters. The highest BCUT2D eigenvalue weighted by Gasteiger charge is 2.35. The van der Waals surface area contributed by atoms with E-state index in [0.717, 1.165) is 6.42 Å². The number of sulfone groups is 1. The molecule has 2 atom stereocenters. The molecule has 0 spiro atoms. The molecule has 2 rings (SSSR count). The molecule has 1 N–H and O–H groups in total. The quantitative estimate of drug-likeness (QED) is 0.913. The average molecular weight is 309 g/mol. The van der Waals surface area contributed by atoms with Gasteiger partial charge in [-0.25, -0.2) is 8.42 Å². The second kappa shape index (κ2) is 5.37. The van der Waals surface area contributed by atoms with Gasteiger partial charge in [-0.05, 0) is 30.5 Å². The van der Waals surface area contributed by atoms with Crippen molar-refractivity contribution < 1.29 is 13.5 Å². The van der Waals surface area contributed by atoms with Crippen LogP contribution < -0.4 is 0 Å².